The number of oxazole rings is 1. The highest BCUT2D eigenvalue weighted by molar-refractivity contribution is 5.86. The second-order valence-corrected chi connectivity index (χ2v) is 3.55. The number of carboxylic acid groups (broad SMARTS) is 1. The highest BCUT2D eigenvalue weighted by atomic mass is 16.4. The van der Waals surface area contributed by atoms with Crippen molar-refractivity contribution in [2.24, 2.45) is 0 Å². The molecule has 82 valence electrons. The maximum atomic E-state index is 10.8. The van der Waals surface area contributed by atoms with E-state index >= 15 is 0 Å². The molecule has 1 aliphatic rings. The van der Waals surface area contributed by atoms with E-state index in [0.29, 0.717) is 23.4 Å². The molecule has 2 aromatic heterocycles. The summed E-state index contributed by atoms with van der Waals surface area (Å²) >= 11 is 0. The van der Waals surface area contributed by atoms with Crippen molar-refractivity contribution in [3.8, 4) is 11.5 Å². The zero-order valence-electron chi connectivity index (χ0n) is 8.01. The number of carbonyl (C=O) groups is 1. The van der Waals surface area contributed by atoms with Gasteiger partial charge in [-0.15, -0.1) is 0 Å². The van der Waals surface area contributed by atoms with Crippen molar-refractivity contribution in [3.63, 3.8) is 0 Å². The number of rotatable bonds is 1. The molecule has 0 radical (unpaired) electrons. The molecule has 0 spiro atoms. The molecule has 0 saturated heterocycles. The summed E-state index contributed by atoms with van der Waals surface area (Å²) in [5, 5.41) is 18.6. The second kappa shape index (κ2) is 2.96. The Morgan fingerprint density at radius 3 is 3.06 bits per heavy atom. The van der Waals surface area contributed by atoms with Gasteiger partial charge in [-0.25, -0.2) is 9.78 Å². The van der Waals surface area contributed by atoms with Crippen LogP contribution < -0.4 is 0 Å². The Hall–Kier alpha value is -2.08. The summed E-state index contributed by atoms with van der Waals surface area (Å²) in [6, 6.07) is 1.31. The van der Waals surface area contributed by atoms with Crippen molar-refractivity contribution in [2.45, 2.75) is 12.5 Å². The fourth-order valence-electron chi connectivity index (χ4n) is 1.83. The molecule has 16 heavy (non-hydrogen) atoms. The van der Waals surface area contributed by atoms with E-state index in [-0.39, 0.29) is 11.5 Å². The molecule has 1 unspecified atom stereocenters. The number of carboxylic acids is 1. The van der Waals surface area contributed by atoms with Gasteiger partial charge in [0.15, 0.2) is 17.9 Å². The number of aliphatic hydroxyl groups is 1. The largest absolute Gasteiger partial charge is 0.475 e. The number of furan rings is 1. The van der Waals surface area contributed by atoms with Crippen molar-refractivity contribution in [3.05, 3.63) is 29.5 Å². The first-order valence-corrected chi connectivity index (χ1v) is 4.64. The zero-order valence-corrected chi connectivity index (χ0v) is 8.01. The SMILES string of the molecule is O=C(O)c1cc2c(o1)-c1ocnc1CC2O. The average Bonchev–Trinajstić information content (AvgIpc) is 2.80. The Balaban J connectivity index is 2.23. The molecule has 3 rings (SSSR count). The predicted octanol–water partition coefficient (Wildman–Crippen LogP) is 1.22. The van der Waals surface area contributed by atoms with Crippen LogP contribution in [0.5, 0.6) is 0 Å². The Morgan fingerprint density at radius 2 is 2.31 bits per heavy atom. The highest BCUT2D eigenvalue weighted by Gasteiger charge is 2.32. The third-order valence-electron chi connectivity index (χ3n) is 2.56. The molecule has 0 bridgehead atoms. The summed E-state index contributed by atoms with van der Waals surface area (Å²) in [7, 11) is 0. The van der Waals surface area contributed by atoms with Gasteiger partial charge in [-0.2, -0.15) is 0 Å². The number of hydrogen-bond donors (Lipinski definition) is 2. The average molecular weight is 221 g/mol. The van der Waals surface area contributed by atoms with Crippen LogP contribution in [-0.4, -0.2) is 21.2 Å². The van der Waals surface area contributed by atoms with Gasteiger partial charge in [-0.1, -0.05) is 0 Å². The highest BCUT2D eigenvalue weighted by Crippen LogP contribution is 2.39. The molecule has 2 aromatic rings. The molecule has 0 aliphatic heterocycles. The van der Waals surface area contributed by atoms with Crippen LogP contribution in [0.4, 0.5) is 0 Å². The summed E-state index contributed by atoms with van der Waals surface area (Å²) in [4.78, 5) is 14.7. The first-order chi connectivity index (χ1) is 7.66. The minimum absolute atomic E-state index is 0.215. The van der Waals surface area contributed by atoms with E-state index in [4.69, 9.17) is 13.9 Å². The van der Waals surface area contributed by atoms with Crippen LogP contribution in [-0.2, 0) is 6.42 Å². The maximum absolute atomic E-state index is 10.8. The molecule has 0 aromatic carbocycles. The number of aromatic nitrogens is 1. The summed E-state index contributed by atoms with van der Waals surface area (Å²) < 4.78 is 10.2. The van der Waals surface area contributed by atoms with Gasteiger partial charge in [-0.05, 0) is 6.07 Å². The lowest BCUT2D eigenvalue weighted by atomic mass is 9.97. The quantitative estimate of drug-likeness (QED) is 0.751. The van der Waals surface area contributed by atoms with E-state index in [0.717, 1.165) is 0 Å². The predicted molar refractivity (Wildman–Crippen MR) is 49.8 cm³/mol. The summed E-state index contributed by atoms with van der Waals surface area (Å²) in [5.74, 6) is -0.743. The zero-order chi connectivity index (χ0) is 11.3. The van der Waals surface area contributed by atoms with E-state index in [9.17, 15) is 9.90 Å². The summed E-state index contributed by atoms with van der Waals surface area (Å²) in [6.45, 7) is 0. The molecular formula is C10H7NO5. The van der Waals surface area contributed by atoms with Gasteiger partial charge in [0, 0.05) is 12.0 Å². The summed E-state index contributed by atoms with van der Waals surface area (Å²) in [5.41, 5.74) is 1.01. The number of nitrogens with zero attached hydrogens (tertiary/aromatic N) is 1. The Morgan fingerprint density at radius 1 is 1.50 bits per heavy atom. The molecule has 0 fully saturated rings. The van der Waals surface area contributed by atoms with Crippen LogP contribution in [0.2, 0.25) is 0 Å². The molecule has 0 amide bonds. The maximum Gasteiger partial charge on any atom is 0.371 e. The topological polar surface area (TPSA) is 96.7 Å². The Bertz CT molecular complexity index is 568. The minimum Gasteiger partial charge on any atom is -0.475 e. The van der Waals surface area contributed by atoms with Crippen LogP contribution in [0, 0.1) is 0 Å². The van der Waals surface area contributed by atoms with Gasteiger partial charge in [0.2, 0.25) is 5.76 Å². The minimum atomic E-state index is -1.18. The van der Waals surface area contributed by atoms with Crippen molar-refractivity contribution >= 4 is 5.97 Å². The number of hydrogen-bond acceptors (Lipinski definition) is 5. The van der Waals surface area contributed by atoms with Crippen LogP contribution in [0.3, 0.4) is 0 Å². The van der Waals surface area contributed by atoms with Gasteiger partial charge in [0.05, 0.1) is 11.8 Å². The molecule has 1 atom stereocenters. The lowest BCUT2D eigenvalue weighted by Crippen LogP contribution is -2.07. The van der Waals surface area contributed by atoms with Crippen molar-refractivity contribution in [2.75, 3.05) is 0 Å². The Labute approximate surface area is 89.1 Å². The van der Waals surface area contributed by atoms with Crippen LogP contribution in [0.1, 0.15) is 27.9 Å². The van der Waals surface area contributed by atoms with Gasteiger partial charge in [0.25, 0.3) is 0 Å². The van der Waals surface area contributed by atoms with Crippen molar-refractivity contribution in [1.29, 1.82) is 0 Å². The first kappa shape index (κ1) is 9.17. The Kier molecular flexibility index (Phi) is 1.69. The number of fused-ring (bicyclic) bond motifs is 3. The van der Waals surface area contributed by atoms with Gasteiger partial charge < -0.3 is 19.0 Å². The van der Waals surface area contributed by atoms with E-state index < -0.39 is 12.1 Å². The van der Waals surface area contributed by atoms with Gasteiger partial charge >= 0.3 is 5.97 Å². The van der Waals surface area contributed by atoms with E-state index in [1.807, 2.05) is 0 Å². The monoisotopic (exact) mass is 221 g/mol. The van der Waals surface area contributed by atoms with Crippen LogP contribution in [0.15, 0.2) is 21.3 Å². The molecule has 6 nitrogen and oxygen atoms in total. The first-order valence-electron chi connectivity index (χ1n) is 4.64. The smallest absolute Gasteiger partial charge is 0.371 e. The molecule has 2 heterocycles. The van der Waals surface area contributed by atoms with E-state index in [1.54, 1.807) is 0 Å². The number of aromatic carboxylic acids is 1. The third kappa shape index (κ3) is 1.10. The van der Waals surface area contributed by atoms with Crippen LogP contribution >= 0.6 is 0 Å². The lowest BCUT2D eigenvalue weighted by molar-refractivity contribution is 0.0663. The van der Waals surface area contributed by atoms with Gasteiger partial charge in [0.1, 0.15) is 0 Å². The normalized spacial score (nSPS) is 17.9. The standard InChI is InChI=1S/C10H7NO5/c12-6-2-5-9(15-3-11-5)8-4(6)1-7(16-8)10(13)14/h1,3,6,12H,2H2,(H,13,14). The molecule has 2 N–H and O–H groups in total. The number of aliphatic hydroxyl groups excluding tert-OH is 1. The molecule has 6 heteroatoms. The fourth-order valence-corrected chi connectivity index (χ4v) is 1.83. The second-order valence-electron chi connectivity index (χ2n) is 3.55. The van der Waals surface area contributed by atoms with E-state index in [2.05, 4.69) is 4.98 Å². The van der Waals surface area contributed by atoms with E-state index in [1.165, 1.54) is 12.5 Å². The van der Waals surface area contributed by atoms with Crippen molar-refractivity contribution in [1.82, 2.24) is 4.98 Å². The van der Waals surface area contributed by atoms with Gasteiger partial charge in [-0.3, -0.25) is 0 Å². The van der Waals surface area contributed by atoms with Crippen molar-refractivity contribution < 1.29 is 23.8 Å². The summed E-state index contributed by atoms with van der Waals surface area (Å²) in [6.07, 6.45) is 0.747. The fraction of sp³-hybridized carbons (Fsp3) is 0.200. The molecule has 0 saturated carbocycles. The molecule has 1 aliphatic carbocycles. The lowest BCUT2D eigenvalue weighted by Gasteiger charge is -2.13. The molecular weight excluding hydrogens is 214 g/mol. The third-order valence-corrected chi connectivity index (χ3v) is 2.56. The van der Waals surface area contributed by atoms with Crippen LogP contribution in [0.25, 0.3) is 11.5 Å².